The third-order valence-electron chi connectivity index (χ3n) is 4.40. The van der Waals surface area contributed by atoms with E-state index in [0.717, 1.165) is 32.1 Å². The Balaban J connectivity index is 1.90. The molecule has 136 valence electrons. The zero-order chi connectivity index (χ0) is 19.1. The zero-order valence-corrected chi connectivity index (χ0v) is 16.7. The number of aryl methyl sites for hydroxylation is 1. The summed E-state index contributed by atoms with van der Waals surface area (Å²) in [5, 5.41) is 6.07. The SMILES string of the molecule is CC(=O)c1cncc(Sc2c(C)n(-c3cnn(C)c3)c3cc(Cl)ccc23)c1. The lowest BCUT2D eigenvalue weighted by atomic mass is 10.2. The highest BCUT2D eigenvalue weighted by molar-refractivity contribution is 7.99. The number of pyridine rings is 1. The molecule has 0 N–H and O–H groups in total. The molecule has 3 heterocycles. The predicted octanol–water partition coefficient (Wildman–Crippen LogP) is 5.07. The Morgan fingerprint density at radius 2 is 2.00 bits per heavy atom. The van der Waals surface area contributed by atoms with E-state index in [1.165, 1.54) is 0 Å². The van der Waals surface area contributed by atoms with Crippen molar-refractivity contribution in [1.82, 2.24) is 19.3 Å². The summed E-state index contributed by atoms with van der Waals surface area (Å²) in [6.07, 6.45) is 7.18. The highest BCUT2D eigenvalue weighted by Gasteiger charge is 2.18. The molecule has 0 spiro atoms. The summed E-state index contributed by atoms with van der Waals surface area (Å²) < 4.78 is 3.93. The molecule has 0 amide bonds. The van der Waals surface area contributed by atoms with E-state index in [2.05, 4.69) is 21.6 Å². The highest BCUT2D eigenvalue weighted by Crippen LogP contribution is 2.40. The fraction of sp³-hybridized carbons (Fsp3) is 0.150. The van der Waals surface area contributed by atoms with Crippen LogP contribution >= 0.6 is 23.4 Å². The van der Waals surface area contributed by atoms with E-state index in [0.29, 0.717) is 10.6 Å². The molecule has 0 unspecified atom stereocenters. The third-order valence-corrected chi connectivity index (χ3v) is 5.81. The van der Waals surface area contributed by atoms with Gasteiger partial charge in [-0.05, 0) is 32.0 Å². The van der Waals surface area contributed by atoms with Crippen LogP contribution in [0.1, 0.15) is 23.0 Å². The molecule has 3 aromatic heterocycles. The predicted molar refractivity (Wildman–Crippen MR) is 108 cm³/mol. The normalized spacial score (nSPS) is 11.3. The topological polar surface area (TPSA) is 52.7 Å². The number of benzene rings is 1. The molecule has 0 aliphatic carbocycles. The van der Waals surface area contributed by atoms with Crippen LogP contribution in [-0.2, 0) is 7.05 Å². The van der Waals surface area contributed by atoms with Gasteiger partial charge in [0.05, 0.1) is 17.4 Å². The number of hydrogen-bond acceptors (Lipinski definition) is 4. The minimum absolute atomic E-state index is 0.00578. The van der Waals surface area contributed by atoms with Gasteiger partial charge in [0.2, 0.25) is 0 Å². The smallest absolute Gasteiger partial charge is 0.161 e. The van der Waals surface area contributed by atoms with Gasteiger partial charge in [0.25, 0.3) is 0 Å². The van der Waals surface area contributed by atoms with Crippen molar-refractivity contribution in [3.8, 4) is 5.69 Å². The summed E-state index contributed by atoms with van der Waals surface area (Å²) in [4.78, 5) is 17.9. The maximum Gasteiger partial charge on any atom is 0.161 e. The Labute approximate surface area is 166 Å². The Morgan fingerprint density at radius 1 is 1.19 bits per heavy atom. The molecule has 0 aliphatic heterocycles. The molecule has 1 aromatic carbocycles. The van der Waals surface area contributed by atoms with E-state index < -0.39 is 0 Å². The first-order valence-electron chi connectivity index (χ1n) is 8.37. The molecule has 4 rings (SSSR count). The van der Waals surface area contributed by atoms with Crippen molar-refractivity contribution < 1.29 is 4.79 Å². The number of fused-ring (bicyclic) bond motifs is 1. The van der Waals surface area contributed by atoms with Crippen LogP contribution in [0.15, 0.2) is 58.8 Å². The first-order valence-corrected chi connectivity index (χ1v) is 9.57. The van der Waals surface area contributed by atoms with Crippen molar-refractivity contribution >= 4 is 40.0 Å². The number of nitrogens with zero attached hydrogens (tertiary/aromatic N) is 4. The number of ketones is 1. The van der Waals surface area contributed by atoms with Crippen LogP contribution in [0.3, 0.4) is 0 Å². The summed E-state index contributed by atoms with van der Waals surface area (Å²) in [5.41, 5.74) is 3.69. The quantitative estimate of drug-likeness (QED) is 0.451. The standard InChI is InChI=1S/C20H17ClN4OS/c1-12-20(27-17-6-14(13(2)26)8-22-10-17)18-5-4-15(21)7-19(18)25(12)16-9-23-24(3)11-16/h4-11H,1-3H3. The number of rotatable bonds is 4. The number of carbonyl (C=O) groups is 1. The molecule has 4 aromatic rings. The summed E-state index contributed by atoms with van der Waals surface area (Å²) in [5.74, 6) is 0.00578. The number of carbonyl (C=O) groups excluding carboxylic acids is 1. The molecule has 0 bridgehead atoms. The van der Waals surface area contributed by atoms with E-state index in [-0.39, 0.29) is 5.78 Å². The van der Waals surface area contributed by atoms with Crippen molar-refractivity contribution in [1.29, 1.82) is 0 Å². The monoisotopic (exact) mass is 396 g/mol. The lowest BCUT2D eigenvalue weighted by Gasteiger charge is -2.06. The number of aromatic nitrogens is 4. The van der Waals surface area contributed by atoms with Crippen LogP contribution in [0.4, 0.5) is 0 Å². The highest BCUT2D eigenvalue weighted by atomic mass is 35.5. The average Bonchev–Trinajstić information content (AvgIpc) is 3.16. The molecule has 0 radical (unpaired) electrons. The third kappa shape index (κ3) is 3.26. The Bertz CT molecular complexity index is 1180. The lowest BCUT2D eigenvalue weighted by molar-refractivity contribution is 0.101. The van der Waals surface area contributed by atoms with Crippen LogP contribution in [0.2, 0.25) is 5.02 Å². The largest absolute Gasteiger partial charge is 0.310 e. The first-order chi connectivity index (χ1) is 12.9. The molecule has 0 saturated carbocycles. The van der Waals surface area contributed by atoms with E-state index in [1.54, 1.807) is 35.8 Å². The molecule has 0 atom stereocenters. The summed E-state index contributed by atoms with van der Waals surface area (Å²) in [7, 11) is 1.89. The molecule has 5 nitrogen and oxygen atoms in total. The van der Waals surface area contributed by atoms with Gasteiger partial charge in [-0.15, -0.1) is 0 Å². The van der Waals surface area contributed by atoms with Gasteiger partial charge in [-0.25, -0.2) is 0 Å². The van der Waals surface area contributed by atoms with Crippen molar-refractivity contribution in [2.75, 3.05) is 0 Å². The van der Waals surface area contributed by atoms with Crippen LogP contribution in [0, 0.1) is 6.92 Å². The fourth-order valence-electron chi connectivity index (χ4n) is 3.13. The minimum atomic E-state index is 0.00578. The minimum Gasteiger partial charge on any atom is -0.310 e. The van der Waals surface area contributed by atoms with Crippen LogP contribution < -0.4 is 0 Å². The zero-order valence-electron chi connectivity index (χ0n) is 15.1. The van der Waals surface area contributed by atoms with E-state index in [1.807, 2.05) is 43.7 Å². The van der Waals surface area contributed by atoms with Gasteiger partial charge in [-0.1, -0.05) is 29.4 Å². The molecular formula is C20H17ClN4OS. The second kappa shape index (κ2) is 6.87. The van der Waals surface area contributed by atoms with Crippen molar-refractivity contribution in [2.24, 2.45) is 7.05 Å². The lowest BCUT2D eigenvalue weighted by Crippen LogP contribution is -1.95. The van der Waals surface area contributed by atoms with Gasteiger partial charge in [0.1, 0.15) is 0 Å². The van der Waals surface area contributed by atoms with Gasteiger partial charge in [-0.2, -0.15) is 5.10 Å². The van der Waals surface area contributed by atoms with E-state index >= 15 is 0 Å². The van der Waals surface area contributed by atoms with E-state index in [9.17, 15) is 4.79 Å². The average molecular weight is 397 g/mol. The van der Waals surface area contributed by atoms with Crippen LogP contribution in [0.25, 0.3) is 16.6 Å². The fourth-order valence-corrected chi connectivity index (χ4v) is 4.35. The molecule has 0 saturated heterocycles. The summed E-state index contributed by atoms with van der Waals surface area (Å²) in [6.45, 7) is 3.62. The Morgan fingerprint density at radius 3 is 2.70 bits per heavy atom. The van der Waals surface area contributed by atoms with Crippen LogP contribution in [-0.4, -0.2) is 25.1 Å². The van der Waals surface area contributed by atoms with Gasteiger partial charge < -0.3 is 4.57 Å². The maximum absolute atomic E-state index is 11.7. The van der Waals surface area contributed by atoms with E-state index in [4.69, 9.17) is 11.6 Å². The Hall–Kier alpha value is -2.57. The number of hydrogen-bond donors (Lipinski definition) is 0. The molecular weight excluding hydrogens is 380 g/mol. The molecule has 27 heavy (non-hydrogen) atoms. The first kappa shape index (κ1) is 17.8. The molecule has 7 heteroatoms. The Kier molecular flexibility index (Phi) is 4.53. The number of Topliss-reactive ketones (excluding diaryl/α,β-unsaturated/α-hetero) is 1. The van der Waals surface area contributed by atoms with Crippen LogP contribution in [0.5, 0.6) is 0 Å². The second-order valence-corrected chi connectivity index (χ2v) is 7.87. The summed E-state index contributed by atoms with van der Waals surface area (Å²) in [6, 6.07) is 7.77. The molecule has 0 aliphatic rings. The van der Waals surface area contributed by atoms with Crippen molar-refractivity contribution in [2.45, 2.75) is 23.6 Å². The van der Waals surface area contributed by atoms with Crippen molar-refractivity contribution in [3.63, 3.8) is 0 Å². The van der Waals surface area contributed by atoms with Gasteiger partial charge in [0, 0.05) is 57.1 Å². The van der Waals surface area contributed by atoms with Gasteiger partial charge >= 0.3 is 0 Å². The molecule has 0 fully saturated rings. The maximum atomic E-state index is 11.7. The number of halogens is 1. The summed E-state index contributed by atoms with van der Waals surface area (Å²) >= 11 is 7.87. The van der Waals surface area contributed by atoms with Gasteiger partial charge in [0.15, 0.2) is 5.78 Å². The second-order valence-electron chi connectivity index (χ2n) is 6.35. The van der Waals surface area contributed by atoms with Gasteiger partial charge in [-0.3, -0.25) is 14.5 Å². The van der Waals surface area contributed by atoms with Crippen molar-refractivity contribution in [3.05, 3.63) is 65.3 Å².